The molecule has 6 heteroatoms. The number of anilines is 1. The predicted molar refractivity (Wildman–Crippen MR) is 85.9 cm³/mol. The van der Waals surface area contributed by atoms with Crippen LogP contribution in [0.1, 0.15) is 31.3 Å². The van der Waals surface area contributed by atoms with Crippen LogP contribution in [0.15, 0.2) is 29.8 Å². The number of nitrogen functional groups attached to an aromatic ring is 1. The van der Waals surface area contributed by atoms with Crippen molar-refractivity contribution in [2.45, 2.75) is 26.3 Å². The van der Waals surface area contributed by atoms with Crippen molar-refractivity contribution in [3.05, 3.63) is 34.8 Å². The van der Waals surface area contributed by atoms with Gasteiger partial charge in [0.1, 0.15) is 16.3 Å². The van der Waals surface area contributed by atoms with Crippen molar-refractivity contribution in [1.29, 1.82) is 0 Å². The third kappa shape index (κ3) is 2.35. The largest absolute Gasteiger partial charge is 0.492 e. The number of nitrogens with two attached hydrogens (primary N) is 1. The predicted octanol–water partition coefficient (Wildman–Crippen LogP) is 3.47. The van der Waals surface area contributed by atoms with E-state index >= 15 is 0 Å². The first-order chi connectivity index (χ1) is 10.3. The Morgan fingerprint density at radius 1 is 1.38 bits per heavy atom. The lowest BCUT2D eigenvalue weighted by Crippen LogP contribution is -2.12. The lowest BCUT2D eigenvalue weighted by atomic mass is 10.2. The number of imidazole rings is 1. The van der Waals surface area contributed by atoms with Gasteiger partial charge in [0, 0.05) is 11.6 Å². The first-order valence-corrected chi connectivity index (χ1v) is 7.92. The van der Waals surface area contributed by atoms with Crippen LogP contribution in [-0.2, 0) is 0 Å². The molecule has 0 aliphatic carbocycles. The Hall–Kier alpha value is -2.08. The van der Waals surface area contributed by atoms with Crippen LogP contribution in [-0.4, -0.2) is 21.1 Å². The smallest absolute Gasteiger partial charge is 0.202 e. The molecule has 0 spiro atoms. The van der Waals surface area contributed by atoms with Gasteiger partial charge in [-0.25, -0.2) is 9.97 Å². The molecule has 1 atom stereocenters. The van der Waals surface area contributed by atoms with E-state index in [1.165, 1.54) is 0 Å². The molecule has 0 aliphatic rings. The number of rotatable bonds is 5. The molecule has 0 fully saturated rings. The zero-order valence-corrected chi connectivity index (χ0v) is 12.9. The van der Waals surface area contributed by atoms with Gasteiger partial charge in [0.15, 0.2) is 0 Å². The maximum atomic E-state index is 6.17. The molecular formula is C15H18N4OS. The third-order valence-electron chi connectivity index (χ3n) is 3.45. The van der Waals surface area contributed by atoms with Gasteiger partial charge >= 0.3 is 0 Å². The van der Waals surface area contributed by atoms with Gasteiger partial charge < -0.3 is 15.0 Å². The standard InChI is InChI=1S/C15H18N4OS/c1-3-10(14-17-8-9-21-14)19-11-6-5-7-12(20-4-2)13(11)18-15(19)16/h5-10H,3-4H2,1-2H3,(H2,16,18). The molecule has 0 bridgehead atoms. The van der Waals surface area contributed by atoms with E-state index < -0.39 is 0 Å². The molecule has 0 aliphatic heterocycles. The zero-order chi connectivity index (χ0) is 14.8. The van der Waals surface area contributed by atoms with E-state index in [4.69, 9.17) is 10.5 Å². The summed E-state index contributed by atoms with van der Waals surface area (Å²) in [6.07, 6.45) is 2.73. The minimum Gasteiger partial charge on any atom is -0.492 e. The summed E-state index contributed by atoms with van der Waals surface area (Å²) in [5.41, 5.74) is 7.97. The fourth-order valence-corrected chi connectivity index (χ4v) is 3.39. The van der Waals surface area contributed by atoms with Crippen molar-refractivity contribution >= 4 is 28.3 Å². The van der Waals surface area contributed by atoms with E-state index in [1.54, 1.807) is 11.3 Å². The van der Waals surface area contributed by atoms with Crippen LogP contribution >= 0.6 is 11.3 Å². The van der Waals surface area contributed by atoms with Gasteiger partial charge in [0.05, 0.1) is 18.2 Å². The van der Waals surface area contributed by atoms with Gasteiger partial charge in [-0.3, -0.25) is 0 Å². The van der Waals surface area contributed by atoms with Crippen molar-refractivity contribution in [3.63, 3.8) is 0 Å². The minimum atomic E-state index is 0.104. The van der Waals surface area contributed by atoms with E-state index in [2.05, 4.69) is 21.5 Å². The summed E-state index contributed by atoms with van der Waals surface area (Å²) in [5, 5.41) is 3.03. The van der Waals surface area contributed by atoms with Crippen LogP contribution in [0.25, 0.3) is 11.0 Å². The highest BCUT2D eigenvalue weighted by Crippen LogP contribution is 2.34. The van der Waals surface area contributed by atoms with Gasteiger partial charge in [-0.05, 0) is 25.5 Å². The molecule has 110 valence electrons. The molecule has 2 N–H and O–H groups in total. The fraction of sp³-hybridized carbons (Fsp3) is 0.333. The number of fused-ring (bicyclic) bond motifs is 1. The van der Waals surface area contributed by atoms with Gasteiger partial charge in [0.25, 0.3) is 0 Å². The minimum absolute atomic E-state index is 0.104. The molecule has 0 radical (unpaired) electrons. The van der Waals surface area contributed by atoms with Gasteiger partial charge in [-0.2, -0.15) is 0 Å². The van der Waals surface area contributed by atoms with Gasteiger partial charge in [0.2, 0.25) is 5.95 Å². The highest BCUT2D eigenvalue weighted by molar-refractivity contribution is 7.09. The van der Waals surface area contributed by atoms with E-state index in [9.17, 15) is 0 Å². The van der Waals surface area contributed by atoms with E-state index in [1.807, 2.05) is 36.7 Å². The number of ether oxygens (including phenoxy) is 1. The van der Waals surface area contributed by atoms with Crippen molar-refractivity contribution < 1.29 is 4.74 Å². The monoisotopic (exact) mass is 302 g/mol. The second-order valence-electron chi connectivity index (χ2n) is 4.69. The zero-order valence-electron chi connectivity index (χ0n) is 12.1. The van der Waals surface area contributed by atoms with Crippen LogP contribution in [0.2, 0.25) is 0 Å². The van der Waals surface area contributed by atoms with Crippen molar-refractivity contribution in [3.8, 4) is 5.75 Å². The van der Waals surface area contributed by atoms with Crippen LogP contribution in [0, 0.1) is 0 Å². The molecule has 0 saturated heterocycles. The number of nitrogens with zero attached hydrogens (tertiary/aromatic N) is 3. The van der Waals surface area contributed by atoms with E-state index in [0.717, 1.165) is 28.2 Å². The SMILES string of the molecule is CCOc1cccc2c1nc(N)n2C(CC)c1nccs1. The lowest BCUT2D eigenvalue weighted by Gasteiger charge is -2.16. The maximum Gasteiger partial charge on any atom is 0.202 e. The van der Waals surface area contributed by atoms with Crippen molar-refractivity contribution in [2.75, 3.05) is 12.3 Å². The molecule has 21 heavy (non-hydrogen) atoms. The highest BCUT2D eigenvalue weighted by atomic mass is 32.1. The summed E-state index contributed by atoms with van der Waals surface area (Å²) in [4.78, 5) is 8.94. The van der Waals surface area contributed by atoms with Gasteiger partial charge in [-0.15, -0.1) is 11.3 Å². The lowest BCUT2D eigenvalue weighted by molar-refractivity contribution is 0.343. The molecule has 5 nitrogen and oxygen atoms in total. The Labute approximate surface area is 127 Å². The average Bonchev–Trinajstić information content (AvgIpc) is 3.10. The molecule has 0 amide bonds. The highest BCUT2D eigenvalue weighted by Gasteiger charge is 2.21. The number of aromatic nitrogens is 3. The van der Waals surface area contributed by atoms with Crippen molar-refractivity contribution in [2.24, 2.45) is 0 Å². The van der Waals surface area contributed by atoms with Crippen LogP contribution in [0.3, 0.4) is 0 Å². The number of benzene rings is 1. The van der Waals surface area contributed by atoms with Crippen LogP contribution < -0.4 is 10.5 Å². The Morgan fingerprint density at radius 2 is 2.24 bits per heavy atom. The normalized spacial score (nSPS) is 12.7. The van der Waals surface area contributed by atoms with Crippen LogP contribution in [0.4, 0.5) is 5.95 Å². The third-order valence-corrected chi connectivity index (χ3v) is 4.32. The van der Waals surface area contributed by atoms with E-state index in [0.29, 0.717) is 12.6 Å². The maximum absolute atomic E-state index is 6.17. The molecule has 2 aromatic heterocycles. The second kappa shape index (κ2) is 5.73. The van der Waals surface area contributed by atoms with Crippen molar-refractivity contribution in [1.82, 2.24) is 14.5 Å². The van der Waals surface area contributed by atoms with Gasteiger partial charge in [-0.1, -0.05) is 13.0 Å². The van der Waals surface area contributed by atoms with Crippen LogP contribution in [0.5, 0.6) is 5.75 Å². The average molecular weight is 302 g/mol. The first kappa shape index (κ1) is 13.9. The number of thiazole rings is 1. The Bertz CT molecular complexity index is 736. The molecule has 1 unspecified atom stereocenters. The van der Waals surface area contributed by atoms with E-state index in [-0.39, 0.29) is 6.04 Å². The first-order valence-electron chi connectivity index (χ1n) is 7.04. The summed E-state index contributed by atoms with van der Waals surface area (Å²) >= 11 is 1.64. The molecule has 1 aromatic carbocycles. The molecule has 3 aromatic rings. The number of hydrogen-bond donors (Lipinski definition) is 1. The Kier molecular flexibility index (Phi) is 3.79. The molecular weight excluding hydrogens is 284 g/mol. The summed E-state index contributed by atoms with van der Waals surface area (Å²) in [7, 11) is 0. The second-order valence-corrected chi connectivity index (χ2v) is 5.62. The number of para-hydroxylation sites is 1. The Morgan fingerprint density at radius 3 is 2.90 bits per heavy atom. The summed E-state index contributed by atoms with van der Waals surface area (Å²) in [6, 6.07) is 6.02. The molecule has 0 saturated carbocycles. The quantitative estimate of drug-likeness (QED) is 0.783. The summed E-state index contributed by atoms with van der Waals surface area (Å²) in [5.74, 6) is 1.27. The fourth-order valence-electron chi connectivity index (χ4n) is 2.58. The summed E-state index contributed by atoms with van der Waals surface area (Å²) < 4.78 is 7.70. The Balaban J connectivity index is 2.18. The topological polar surface area (TPSA) is 66.0 Å². The molecule has 3 rings (SSSR count). The molecule has 2 heterocycles. The number of hydrogen-bond acceptors (Lipinski definition) is 5. The summed E-state index contributed by atoms with van der Waals surface area (Å²) in [6.45, 7) is 4.70.